The zero-order valence-electron chi connectivity index (χ0n) is 22.0. The summed E-state index contributed by atoms with van der Waals surface area (Å²) in [6.45, 7) is 6.74. The summed E-state index contributed by atoms with van der Waals surface area (Å²) in [6.07, 6.45) is -2.63. The normalized spacial score (nSPS) is 25.1. The largest absolute Gasteiger partial charge is 0.416 e. The number of carbonyl (C=O) groups is 1. The summed E-state index contributed by atoms with van der Waals surface area (Å²) in [6, 6.07) is 1.87. The number of anilines is 1. The number of halogens is 6. The molecule has 1 amide bonds. The molecule has 3 atom stereocenters. The minimum Gasteiger partial charge on any atom is -0.353 e. The number of carbonyl (C=O) groups excluding carboxylic acids is 1. The van der Waals surface area contributed by atoms with Crippen LogP contribution in [-0.4, -0.2) is 58.5 Å². The molecular formula is C27H31F6N5O. The highest BCUT2D eigenvalue weighted by Crippen LogP contribution is 2.49. The van der Waals surface area contributed by atoms with Gasteiger partial charge in [-0.3, -0.25) is 4.79 Å². The zero-order valence-corrected chi connectivity index (χ0v) is 22.0. The molecule has 0 bridgehead atoms. The molecular weight excluding hydrogens is 524 g/mol. The van der Waals surface area contributed by atoms with E-state index in [-0.39, 0.29) is 42.2 Å². The monoisotopic (exact) mass is 555 g/mol. The maximum Gasteiger partial charge on any atom is 0.416 e. The van der Waals surface area contributed by atoms with Crippen molar-refractivity contribution >= 4 is 11.7 Å². The molecule has 39 heavy (non-hydrogen) atoms. The topological polar surface area (TPSA) is 61.4 Å². The van der Waals surface area contributed by atoms with Crippen LogP contribution in [0, 0.1) is 5.82 Å². The molecule has 0 saturated carbocycles. The van der Waals surface area contributed by atoms with E-state index in [2.05, 4.69) is 15.3 Å². The van der Waals surface area contributed by atoms with Gasteiger partial charge in [0.25, 0.3) is 5.92 Å². The lowest BCUT2D eigenvalue weighted by Gasteiger charge is -2.39. The van der Waals surface area contributed by atoms with E-state index in [0.29, 0.717) is 37.0 Å². The Balaban J connectivity index is 1.38. The number of benzene rings is 1. The molecule has 6 nitrogen and oxygen atoms in total. The first kappa shape index (κ1) is 27.7. The Morgan fingerprint density at radius 1 is 1.13 bits per heavy atom. The van der Waals surface area contributed by atoms with Crippen LogP contribution in [0.5, 0.6) is 0 Å². The number of aromatic nitrogens is 2. The second-order valence-corrected chi connectivity index (χ2v) is 11.5. The van der Waals surface area contributed by atoms with Gasteiger partial charge < -0.3 is 15.1 Å². The molecule has 2 saturated heterocycles. The molecule has 3 aliphatic rings. The van der Waals surface area contributed by atoms with Gasteiger partial charge >= 0.3 is 6.18 Å². The van der Waals surface area contributed by atoms with E-state index in [1.54, 1.807) is 11.8 Å². The number of hydrogen-bond acceptors (Lipinski definition) is 5. The van der Waals surface area contributed by atoms with E-state index >= 15 is 4.39 Å². The van der Waals surface area contributed by atoms with Gasteiger partial charge in [-0.25, -0.2) is 14.4 Å². The second-order valence-electron chi connectivity index (χ2n) is 11.5. The molecule has 0 spiro atoms. The number of piperazine rings is 1. The number of hydrogen-bond donors (Lipinski definition) is 1. The molecule has 5 rings (SSSR count). The fourth-order valence-electron chi connectivity index (χ4n) is 6.19. The zero-order chi connectivity index (χ0) is 28.3. The maximum atomic E-state index is 15.1. The lowest BCUT2D eigenvalue weighted by Crippen LogP contribution is -2.53. The fourth-order valence-corrected chi connectivity index (χ4v) is 6.19. The molecule has 2 aromatic rings. The molecule has 2 fully saturated rings. The average molecular weight is 556 g/mol. The van der Waals surface area contributed by atoms with Gasteiger partial charge in [-0.15, -0.1) is 0 Å². The first-order valence-electron chi connectivity index (χ1n) is 13.1. The summed E-state index contributed by atoms with van der Waals surface area (Å²) in [5.74, 6) is -5.47. The van der Waals surface area contributed by atoms with E-state index < -0.39 is 41.4 Å². The van der Waals surface area contributed by atoms with Gasteiger partial charge in [0, 0.05) is 55.3 Å². The third-order valence-electron chi connectivity index (χ3n) is 8.14. The van der Waals surface area contributed by atoms with Crippen molar-refractivity contribution in [2.75, 3.05) is 31.1 Å². The van der Waals surface area contributed by atoms with Crippen molar-refractivity contribution in [3.05, 3.63) is 52.7 Å². The van der Waals surface area contributed by atoms with Crippen molar-refractivity contribution in [2.24, 2.45) is 0 Å². The minimum atomic E-state index is -4.70. The predicted octanol–water partition coefficient (Wildman–Crippen LogP) is 5.20. The molecule has 1 aromatic heterocycles. The van der Waals surface area contributed by atoms with E-state index in [1.165, 1.54) is 0 Å². The number of rotatable bonds is 4. The summed E-state index contributed by atoms with van der Waals surface area (Å²) in [5, 5.41) is 3.36. The van der Waals surface area contributed by atoms with Crippen molar-refractivity contribution in [1.29, 1.82) is 0 Å². The lowest BCUT2D eigenvalue weighted by molar-refractivity contribution is -0.137. The van der Waals surface area contributed by atoms with Crippen LogP contribution < -0.4 is 10.2 Å². The van der Waals surface area contributed by atoms with Crippen molar-refractivity contribution in [2.45, 2.75) is 75.5 Å². The van der Waals surface area contributed by atoms with Crippen molar-refractivity contribution in [3.8, 4) is 0 Å². The van der Waals surface area contributed by atoms with E-state index in [1.807, 2.05) is 18.7 Å². The third kappa shape index (κ3) is 5.19. The number of nitrogens with zero attached hydrogens (tertiary/aromatic N) is 4. The van der Waals surface area contributed by atoms with Crippen LogP contribution in [0.3, 0.4) is 0 Å². The summed E-state index contributed by atoms with van der Waals surface area (Å²) in [5.41, 5.74) is -1.33. The van der Waals surface area contributed by atoms with Crippen molar-refractivity contribution < 1.29 is 31.1 Å². The molecule has 1 aliphatic carbocycles. The Labute approximate surface area is 222 Å². The summed E-state index contributed by atoms with van der Waals surface area (Å²) in [4.78, 5) is 25.4. The highest BCUT2D eigenvalue weighted by atomic mass is 19.4. The predicted molar refractivity (Wildman–Crippen MR) is 132 cm³/mol. The van der Waals surface area contributed by atoms with Gasteiger partial charge in [0.1, 0.15) is 23.7 Å². The SMILES string of the molecule is CC1CC(F)(F)c2ncnc(N3CCN(C(=O)C(c4ccc(C(F)(F)F)cc4F)C4CCC(C)(C)N4)CC3)c21. The van der Waals surface area contributed by atoms with Gasteiger partial charge in [-0.2, -0.15) is 22.0 Å². The maximum absolute atomic E-state index is 15.1. The first-order chi connectivity index (χ1) is 18.2. The highest BCUT2D eigenvalue weighted by molar-refractivity contribution is 5.85. The molecule has 2 aliphatic heterocycles. The Bertz CT molecular complexity index is 1260. The Morgan fingerprint density at radius 3 is 2.41 bits per heavy atom. The lowest BCUT2D eigenvalue weighted by atomic mass is 9.87. The molecule has 0 radical (unpaired) electrons. The summed E-state index contributed by atoms with van der Waals surface area (Å²) in [7, 11) is 0. The Morgan fingerprint density at radius 2 is 1.82 bits per heavy atom. The van der Waals surface area contributed by atoms with Crippen LogP contribution in [-0.2, 0) is 16.9 Å². The van der Waals surface area contributed by atoms with Crippen molar-refractivity contribution in [1.82, 2.24) is 20.2 Å². The fraction of sp³-hybridized carbons (Fsp3) is 0.593. The summed E-state index contributed by atoms with van der Waals surface area (Å²) >= 11 is 0. The van der Waals surface area contributed by atoms with E-state index in [4.69, 9.17) is 0 Å². The third-order valence-corrected chi connectivity index (χ3v) is 8.14. The highest BCUT2D eigenvalue weighted by Gasteiger charge is 2.47. The number of alkyl halides is 5. The summed E-state index contributed by atoms with van der Waals surface area (Å²) < 4.78 is 83.5. The van der Waals surface area contributed by atoms with Gasteiger partial charge in [0.15, 0.2) is 0 Å². The van der Waals surface area contributed by atoms with Gasteiger partial charge in [-0.1, -0.05) is 13.0 Å². The molecule has 12 heteroatoms. The van der Waals surface area contributed by atoms with Crippen LogP contribution in [0.4, 0.5) is 32.2 Å². The van der Waals surface area contributed by atoms with Crippen LogP contribution in [0.25, 0.3) is 0 Å². The molecule has 212 valence electrons. The van der Waals surface area contributed by atoms with Crippen LogP contribution >= 0.6 is 0 Å². The second kappa shape index (κ2) is 9.64. The Hall–Kier alpha value is -2.89. The molecule has 1 aromatic carbocycles. The van der Waals surface area contributed by atoms with Crippen LogP contribution in [0.2, 0.25) is 0 Å². The van der Waals surface area contributed by atoms with Crippen LogP contribution in [0.15, 0.2) is 24.5 Å². The van der Waals surface area contributed by atoms with E-state index in [9.17, 15) is 26.7 Å². The van der Waals surface area contributed by atoms with E-state index in [0.717, 1.165) is 24.9 Å². The average Bonchev–Trinajstić information content (AvgIpc) is 3.34. The van der Waals surface area contributed by atoms with Crippen molar-refractivity contribution in [3.63, 3.8) is 0 Å². The smallest absolute Gasteiger partial charge is 0.353 e. The molecule has 3 unspecified atom stereocenters. The standard InChI is InChI=1S/C27H31F6N5O/c1-15-13-26(29,30)22-20(15)23(35-14-34-22)37-8-10-38(11-9-37)24(39)21(19-6-7-25(2,3)36-19)17-5-4-16(12-18(17)28)27(31,32)33/h4-5,12,14-15,19,21,36H,6-11,13H2,1-3H3. The number of amides is 1. The molecule has 3 heterocycles. The quantitative estimate of drug-likeness (QED) is 0.526. The van der Waals surface area contributed by atoms with Gasteiger partial charge in [0.05, 0.1) is 11.5 Å². The van der Waals surface area contributed by atoms with Gasteiger partial charge in [0.2, 0.25) is 5.91 Å². The first-order valence-corrected chi connectivity index (χ1v) is 13.1. The van der Waals surface area contributed by atoms with Crippen LogP contribution in [0.1, 0.15) is 74.3 Å². The Kier molecular flexibility index (Phi) is 6.84. The molecule has 1 N–H and O–H groups in total. The number of nitrogens with one attached hydrogen (secondary N) is 1. The number of fused-ring (bicyclic) bond motifs is 1. The van der Waals surface area contributed by atoms with Gasteiger partial charge in [-0.05, 0) is 44.7 Å². The minimum absolute atomic E-state index is 0.0738.